The number of rotatable bonds is 7. The van der Waals surface area contributed by atoms with Crippen LogP contribution in [0.25, 0.3) is 0 Å². The van der Waals surface area contributed by atoms with Gasteiger partial charge in [0.25, 0.3) is 0 Å². The number of anilines is 1. The van der Waals surface area contributed by atoms with Gasteiger partial charge in [0.05, 0.1) is 6.54 Å². The third-order valence-corrected chi connectivity index (χ3v) is 6.24. The van der Waals surface area contributed by atoms with Gasteiger partial charge in [-0.15, -0.1) is 0 Å². The first-order chi connectivity index (χ1) is 13.5. The second-order valence-electron chi connectivity index (χ2n) is 8.21. The van der Waals surface area contributed by atoms with Gasteiger partial charge in [-0.3, -0.25) is 14.5 Å². The maximum atomic E-state index is 11.6. The van der Waals surface area contributed by atoms with E-state index in [0.717, 1.165) is 62.7 Å². The Labute approximate surface area is 168 Å². The first kappa shape index (κ1) is 20.8. The van der Waals surface area contributed by atoms with E-state index in [4.69, 9.17) is 5.73 Å². The molecule has 0 radical (unpaired) electrons. The number of Topliss-reactive ketones (excluding diaryl/α,β-unsaturated/α-hetero) is 1. The third-order valence-electron chi connectivity index (χ3n) is 6.24. The molecular weight excluding hydrogens is 352 g/mol. The van der Waals surface area contributed by atoms with Crippen molar-refractivity contribution in [2.45, 2.75) is 45.1 Å². The van der Waals surface area contributed by atoms with Crippen LogP contribution in [0.5, 0.6) is 0 Å². The summed E-state index contributed by atoms with van der Waals surface area (Å²) in [7, 11) is 0. The Kier molecular flexibility index (Phi) is 7.45. The number of piperazine rings is 1. The van der Waals surface area contributed by atoms with E-state index in [9.17, 15) is 9.59 Å². The van der Waals surface area contributed by atoms with Crippen molar-refractivity contribution in [1.82, 2.24) is 10.2 Å². The number of carbonyl (C=O) groups excluding carboxylic acids is 2. The number of hydrogen-bond acceptors (Lipinski definition) is 5. The van der Waals surface area contributed by atoms with Gasteiger partial charge in [0.1, 0.15) is 0 Å². The summed E-state index contributed by atoms with van der Waals surface area (Å²) in [5.74, 6) is 0.865. The van der Waals surface area contributed by atoms with E-state index in [1.807, 2.05) is 18.2 Å². The second kappa shape index (κ2) is 10.0. The van der Waals surface area contributed by atoms with Crippen LogP contribution in [0.4, 0.5) is 5.69 Å². The number of nitrogens with one attached hydrogen (secondary N) is 1. The van der Waals surface area contributed by atoms with Crippen LogP contribution in [0.15, 0.2) is 24.3 Å². The zero-order valence-corrected chi connectivity index (χ0v) is 17.0. The van der Waals surface area contributed by atoms with E-state index in [0.29, 0.717) is 6.04 Å². The standard InChI is InChI=1S/C22H34N4O2/c1-17(27)19-3-2-4-21(15-19)26-13-11-25(12-14-26)10-9-18-5-7-20(8-6-18)24-22(28)16-23/h2-4,15,18,20H,5-14,16,23H2,1H3,(H,24,28)/t18-,20-. The average Bonchev–Trinajstić information content (AvgIpc) is 2.73. The maximum Gasteiger partial charge on any atom is 0.233 e. The van der Waals surface area contributed by atoms with Crippen molar-refractivity contribution >= 4 is 17.4 Å². The summed E-state index contributed by atoms with van der Waals surface area (Å²) in [6.45, 7) is 7.05. The highest BCUT2D eigenvalue weighted by molar-refractivity contribution is 5.95. The minimum atomic E-state index is -0.0323. The molecule has 0 atom stereocenters. The molecule has 6 heteroatoms. The van der Waals surface area contributed by atoms with E-state index >= 15 is 0 Å². The molecule has 6 nitrogen and oxygen atoms in total. The molecule has 1 aromatic carbocycles. The van der Waals surface area contributed by atoms with Crippen LogP contribution < -0.4 is 16.0 Å². The van der Waals surface area contributed by atoms with Crippen molar-refractivity contribution in [3.05, 3.63) is 29.8 Å². The van der Waals surface area contributed by atoms with Gasteiger partial charge in [-0.1, -0.05) is 12.1 Å². The van der Waals surface area contributed by atoms with Gasteiger partial charge in [0.15, 0.2) is 5.78 Å². The maximum absolute atomic E-state index is 11.6. The molecule has 0 aromatic heterocycles. The predicted octanol–water partition coefficient (Wildman–Crippen LogP) is 2.04. The van der Waals surface area contributed by atoms with Crippen molar-refractivity contribution in [3.63, 3.8) is 0 Å². The molecule has 1 saturated heterocycles. The van der Waals surface area contributed by atoms with Crippen LogP contribution in [-0.4, -0.2) is 61.9 Å². The van der Waals surface area contributed by atoms with Crippen LogP contribution in [-0.2, 0) is 4.79 Å². The van der Waals surface area contributed by atoms with Gasteiger partial charge in [-0.25, -0.2) is 0 Å². The molecule has 1 heterocycles. The number of amides is 1. The van der Waals surface area contributed by atoms with Gasteiger partial charge in [0.2, 0.25) is 5.91 Å². The van der Waals surface area contributed by atoms with Crippen molar-refractivity contribution in [1.29, 1.82) is 0 Å². The van der Waals surface area contributed by atoms with E-state index in [-0.39, 0.29) is 18.2 Å². The highest BCUT2D eigenvalue weighted by Gasteiger charge is 2.23. The minimum Gasteiger partial charge on any atom is -0.369 e. The molecule has 1 aromatic rings. The smallest absolute Gasteiger partial charge is 0.233 e. The zero-order valence-electron chi connectivity index (χ0n) is 17.0. The average molecular weight is 387 g/mol. The molecule has 3 rings (SSSR count). The van der Waals surface area contributed by atoms with Gasteiger partial charge in [0, 0.05) is 43.5 Å². The summed E-state index contributed by atoms with van der Waals surface area (Å²) >= 11 is 0. The molecule has 154 valence electrons. The quantitative estimate of drug-likeness (QED) is 0.701. The first-order valence-corrected chi connectivity index (χ1v) is 10.6. The normalized spacial score (nSPS) is 23.4. The molecule has 1 amide bonds. The van der Waals surface area contributed by atoms with Gasteiger partial charge in [-0.2, -0.15) is 0 Å². The lowest BCUT2D eigenvalue weighted by molar-refractivity contribution is -0.120. The van der Waals surface area contributed by atoms with Crippen LogP contribution in [0.3, 0.4) is 0 Å². The molecule has 3 N–H and O–H groups in total. The molecule has 0 spiro atoms. The Morgan fingerprint density at radius 2 is 1.82 bits per heavy atom. The Bertz CT molecular complexity index is 662. The highest BCUT2D eigenvalue weighted by atomic mass is 16.2. The van der Waals surface area contributed by atoms with Crippen LogP contribution in [0, 0.1) is 5.92 Å². The number of carbonyl (C=O) groups is 2. The van der Waals surface area contributed by atoms with E-state index in [1.165, 1.54) is 19.3 Å². The topological polar surface area (TPSA) is 78.7 Å². The van der Waals surface area contributed by atoms with Crippen LogP contribution in [0.2, 0.25) is 0 Å². The molecule has 0 bridgehead atoms. The zero-order chi connectivity index (χ0) is 19.9. The molecule has 1 aliphatic heterocycles. The summed E-state index contributed by atoms with van der Waals surface area (Å²) in [6, 6.07) is 8.30. The molecule has 2 fully saturated rings. The predicted molar refractivity (Wildman–Crippen MR) is 113 cm³/mol. The highest BCUT2D eigenvalue weighted by Crippen LogP contribution is 2.27. The fraction of sp³-hybridized carbons (Fsp3) is 0.636. The SMILES string of the molecule is CC(=O)c1cccc(N2CCN(CC[C@H]3CC[C@H](NC(=O)CN)CC3)CC2)c1. The lowest BCUT2D eigenvalue weighted by Gasteiger charge is -2.37. The molecule has 1 aliphatic carbocycles. The summed E-state index contributed by atoms with van der Waals surface area (Å²) < 4.78 is 0. The minimum absolute atomic E-state index is 0.0323. The van der Waals surface area contributed by atoms with Crippen molar-refractivity contribution < 1.29 is 9.59 Å². The van der Waals surface area contributed by atoms with Crippen molar-refractivity contribution in [3.8, 4) is 0 Å². The molecule has 0 unspecified atom stereocenters. The van der Waals surface area contributed by atoms with Crippen LogP contribution in [0.1, 0.15) is 49.4 Å². The summed E-state index contributed by atoms with van der Waals surface area (Å²) in [5, 5.41) is 3.02. The fourth-order valence-electron chi connectivity index (χ4n) is 4.40. The van der Waals surface area contributed by atoms with Crippen molar-refractivity contribution in [2.24, 2.45) is 11.7 Å². The molecular formula is C22H34N4O2. The van der Waals surface area contributed by atoms with Crippen molar-refractivity contribution in [2.75, 3.05) is 44.2 Å². The summed E-state index contributed by atoms with van der Waals surface area (Å²) in [4.78, 5) is 28.0. The number of ketones is 1. The molecule has 28 heavy (non-hydrogen) atoms. The van der Waals surface area contributed by atoms with Gasteiger partial charge >= 0.3 is 0 Å². The first-order valence-electron chi connectivity index (χ1n) is 10.6. The Hall–Kier alpha value is -1.92. The monoisotopic (exact) mass is 386 g/mol. The third kappa shape index (κ3) is 5.79. The number of nitrogens with two attached hydrogens (primary N) is 1. The number of nitrogens with zero attached hydrogens (tertiary/aromatic N) is 2. The molecule has 2 aliphatic rings. The Balaban J connectivity index is 1.37. The number of hydrogen-bond donors (Lipinski definition) is 2. The Morgan fingerprint density at radius 1 is 1.11 bits per heavy atom. The largest absolute Gasteiger partial charge is 0.369 e. The fourth-order valence-corrected chi connectivity index (χ4v) is 4.40. The summed E-state index contributed by atoms with van der Waals surface area (Å²) in [6.07, 6.45) is 5.81. The second-order valence-corrected chi connectivity index (χ2v) is 8.21. The molecule has 1 saturated carbocycles. The van der Waals surface area contributed by atoms with Gasteiger partial charge in [-0.05, 0) is 63.6 Å². The van der Waals surface area contributed by atoms with Crippen LogP contribution >= 0.6 is 0 Å². The van der Waals surface area contributed by atoms with E-state index in [2.05, 4.69) is 21.2 Å². The van der Waals surface area contributed by atoms with E-state index < -0.39 is 0 Å². The van der Waals surface area contributed by atoms with Gasteiger partial charge < -0.3 is 16.0 Å². The summed E-state index contributed by atoms with van der Waals surface area (Å²) in [5.41, 5.74) is 7.33. The lowest BCUT2D eigenvalue weighted by atomic mass is 9.84. The Morgan fingerprint density at radius 3 is 2.46 bits per heavy atom. The number of benzene rings is 1. The van der Waals surface area contributed by atoms with E-state index in [1.54, 1.807) is 6.92 Å². The lowest BCUT2D eigenvalue weighted by Crippen LogP contribution is -2.47.